The van der Waals surface area contributed by atoms with E-state index in [0.717, 1.165) is 11.3 Å². The molecule has 0 heterocycles. The van der Waals surface area contributed by atoms with Gasteiger partial charge in [0.2, 0.25) is 0 Å². The van der Waals surface area contributed by atoms with Crippen molar-refractivity contribution >= 4 is 0 Å². The number of nitrogens with two attached hydrogens (primary N) is 1. The smallest absolute Gasteiger partial charge is 0.00670 e. The van der Waals surface area contributed by atoms with Crippen LogP contribution >= 0.6 is 0 Å². The predicted molar refractivity (Wildman–Crippen MR) is 65.7 cm³/mol. The minimum absolute atomic E-state index is 0.494. The zero-order valence-electron chi connectivity index (χ0n) is 10.3. The molecule has 0 saturated heterocycles. The van der Waals surface area contributed by atoms with Crippen LogP contribution < -0.4 is 5.73 Å². The molecule has 2 saturated carbocycles. The standard InChI is InChI=1S/C14H27N/c1-2-5-13(15)12-6-10-14(11-7-12)8-3-4-9-14/h12-13H,2-11,15H2,1H3. The number of hydrogen-bond donors (Lipinski definition) is 1. The minimum atomic E-state index is 0.494. The van der Waals surface area contributed by atoms with Crippen LogP contribution in [-0.4, -0.2) is 6.04 Å². The fraction of sp³-hybridized carbons (Fsp3) is 1.00. The third kappa shape index (κ3) is 2.55. The van der Waals surface area contributed by atoms with Crippen LogP contribution in [0.1, 0.15) is 71.1 Å². The molecule has 88 valence electrons. The lowest BCUT2D eigenvalue weighted by atomic mass is 9.67. The Kier molecular flexibility index (Phi) is 3.71. The molecule has 2 rings (SSSR count). The molecule has 0 aromatic heterocycles. The molecular weight excluding hydrogens is 182 g/mol. The topological polar surface area (TPSA) is 26.0 Å². The van der Waals surface area contributed by atoms with Gasteiger partial charge in [0.15, 0.2) is 0 Å². The monoisotopic (exact) mass is 209 g/mol. The molecule has 1 unspecified atom stereocenters. The van der Waals surface area contributed by atoms with Gasteiger partial charge in [0.25, 0.3) is 0 Å². The van der Waals surface area contributed by atoms with Gasteiger partial charge in [0, 0.05) is 6.04 Å². The van der Waals surface area contributed by atoms with E-state index < -0.39 is 0 Å². The Morgan fingerprint density at radius 3 is 2.27 bits per heavy atom. The van der Waals surface area contributed by atoms with Crippen molar-refractivity contribution in [3.63, 3.8) is 0 Å². The van der Waals surface area contributed by atoms with Crippen molar-refractivity contribution in [2.24, 2.45) is 17.1 Å². The predicted octanol–water partition coefficient (Wildman–Crippen LogP) is 3.86. The Labute approximate surface area is 94.8 Å². The van der Waals surface area contributed by atoms with Crippen LogP contribution in [0.4, 0.5) is 0 Å². The van der Waals surface area contributed by atoms with Crippen LogP contribution in [0, 0.1) is 11.3 Å². The van der Waals surface area contributed by atoms with E-state index in [1.54, 1.807) is 0 Å². The molecule has 0 aliphatic heterocycles. The average molecular weight is 209 g/mol. The Bertz CT molecular complexity index is 184. The second-order valence-electron chi connectivity index (χ2n) is 6.00. The van der Waals surface area contributed by atoms with Crippen molar-refractivity contribution < 1.29 is 0 Å². The lowest BCUT2D eigenvalue weighted by Gasteiger charge is -2.39. The van der Waals surface area contributed by atoms with Crippen molar-refractivity contribution in [3.05, 3.63) is 0 Å². The molecule has 2 aliphatic rings. The fourth-order valence-electron chi connectivity index (χ4n) is 3.87. The van der Waals surface area contributed by atoms with Gasteiger partial charge in [0.1, 0.15) is 0 Å². The summed E-state index contributed by atoms with van der Waals surface area (Å²) in [4.78, 5) is 0. The van der Waals surface area contributed by atoms with Gasteiger partial charge in [-0.15, -0.1) is 0 Å². The summed E-state index contributed by atoms with van der Waals surface area (Å²) in [5.74, 6) is 0.844. The molecule has 1 heteroatoms. The molecule has 0 radical (unpaired) electrons. The van der Waals surface area contributed by atoms with Crippen molar-refractivity contribution in [2.45, 2.75) is 77.2 Å². The Hall–Kier alpha value is -0.0400. The van der Waals surface area contributed by atoms with Gasteiger partial charge in [-0.2, -0.15) is 0 Å². The number of hydrogen-bond acceptors (Lipinski definition) is 1. The molecule has 1 atom stereocenters. The van der Waals surface area contributed by atoms with E-state index in [4.69, 9.17) is 5.73 Å². The Morgan fingerprint density at radius 1 is 1.13 bits per heavy atom. The van der Waals surface area contributed by atoms with Gasteiger partial charge in [-0.25, -0.2) is 0 Å². The van der Waals surface area contributed by atoms with Crippen LogP contribution in [0.25, 0.3) is 0 Å². The van der Waals surface area contributed by atoms with E-state index in [2.05, 4.69) is 6.92 Å². The molecule has 2 fully saturated rings. The molecule has 0 aromatic rings. The molecule has 0 aromatic carbocycles. The maximum atomic E-state index is 6.25. The first-order chi connectivity index (χ1) is 7.26. The molecule has 1 nitrogen and oxygen atoms in total. The quantitative estimate of drug-likeness (QED) is 0.750. The molecule has 2 N–H and O–H groups in total. The van der Waals surface area contributed by atoms with Crippen LogP contribution in [0.15, 0.2) is 0 Å². The van der Waals surface area contributed by atoms with Crippen molar-refractivity contribution in [1.29, 1.82) is 0 Å². The highest BCUT2D eigenvalue weighted by atomic mass is 14.7. The highest BCUT2D eigenvalue weighted by Gasteiger charge is 2.38. The van der Waals surface area contributed by atoms with E-state index in [-0.39, 0.29) is 0 Å². The minimum Gasteiger partial charge on any atom is -0.327 e. The van der Waals surface area contributed by atoms with Crippen LogP contribution in [0.3, 0.4) is 0 Å². The highest BCUT2D eigenvalue weighted by Crippen LogP contribution is 2.50. The summed E-state index contributed by atoms with van der Waals surface area (Å²) in [6, 6.07) is 0.494. The van der Waals surface area contributed by atoms with E-state index in [0.29, 0.717) is 6.04 Å². The second kappa shape index (κ2) is 4.86. The van der Waals surface area contributed by atoms with Crippen molar-refractivity contribution in [2.75, 3.05) is 0 Å². The summed E-state index contributed by atoms with van der Waals surface area (Å²) in [5, 5.41) is 0. The van der Waals surface area contributed by atoms with Gasteiger partial charge < -0.3 is 5.73 Å². The second-order valence-corrected chi connectivity index (χ2v) is 6.00. The zero-order chi connectivity index (χ0) is 10.7. The first kappa shape index (κ1) is 11.4. The molecule has 0 amide bonds. The zero-order valence-corrected chi connectivity index (χ0v) is 10.3. The summed E-state index contributed by atoms with van der Waals surface area (Å²) in [7, 11) is 0. The molecule has 0 bridgehead atoms. The Morgan fingerprint density at radius 2 is 1.73 bits per heavy atom. The summed E-state index contributed by atoms with van der Waals surface area (Å²) >= 11 is 0. The third-order valence-corrected chi connectivity index (χ3v) is 4.98. The van der Waals surface area contributed by atoms with Crippen LogP contribution in [-0.2, 0) is 0 Å². The normalized spacial score (nSPS) is 28.4. The van der Waals surface area contributed by atoms with Crippen LogP contribution in [0.2, 0.25) is 0 Å². The maximum absolute atomic E-state index is 6.25. The van der Waals surface area contributed by atoms with Crippen molar-refractivity contribution in [1.82, 2.24) is 0 Å². The van der Waals surface area contributed by atoms with Gasteiger partial charge >= 0.3 is 0 Å². The van der Waals surface area contributed by atoms with E-state index in [1.807, 2.05) is 0 Å². The number of rotatable bonds is 3. The first-order valence-corrected chi connectivity index (χ1v) is 7.01. The van der Waals surface area contributed by atoms with E-state index >= 15 is 0 Å². The van der Waals surface area contributed by atoms with Crippen molar-refractivity contribution in [3.8, 4) is 0 Å². The molecule has 15 heavy (non-hydrogen) atoms. The van der Waals surface area contributed by atoms with Gasteiger partial charge in [-0.3, -0.25) is 0 Å². The molecule has 1 spiro atoms. The Balaban J connectivity index is 1.81. The SMILES string of the molecule is CCCC(N)C1CCC2(CCCC2)CC1. The van der Waals surface area contributed by atoms with Gasteiger partial charge in [-0.1, -0.05) is 26.2 Å². The maximum Gasteiger partial charge on any atom is 0.00670 e. The molecule has 2 aliphatic carbocycles. The average Bonchev–Trinajstić information content (AvgIpc) is 2.68. The lowest BCUT2D eigenvalue weighted by Crippen LogP contribution is -2.35. The van der Waals surface area contributed by atoms with Gasteiger partial charge in [-0.05, 0) is 56.3 Å². The largest absolute Gasteiger partial charge is 0.327 e. The van der Waals surface area contributed by atoms with Crippen LogP contribution in [0.5, 0.6) is 0 Å². The lowest BCUT2D eigenvalue weighted by molar-refractivity contribution is 0.139. The fourth-order valence-corrected chi connectivity index (χ4v) is 3.87. The van der Waals surface area contributed by atoms with Gasteiger partial charge in [0.05, 0.1) is 0 Å². The summed E-state index contributed by atoms with van der Waals surface area (Å²) in [6.07, 6.45) is 14.3. The summed E-state index contributed by atoms with van der Waals surface area (Å²) in [6.45, 7) is 2.25. The third-order valence-electron chi connectivity index (χ3n) is 4.98. The summed E-state index contributed by atoms with van der Waals surface area (Å²) in [5.41, 5.74) is 7.03. The first-order valence-electron chi connectivity index (χ1n) is 7.01. The van der Waals surface area contributed by atoms with E-state index in [1.165, 1.54) is 64.2 Å². The van der Waals surface area contributed by atoms with E-state index in [9.17, 15) is 0 Å². The summed E-state index contributed by atoms with van der Waals surface area (Å²) < 4.78 is 0. The highest BCUT2D eigenvalue weighted by molar-refractivity contribution is 4.91. The molecular formula is C14H27N.